The Balaban J connectivity index is 1.67. The van der Waals surface area contributed by atoms with Gasteiger partial charge in [-0.2, -0.15) is 0 Å². The predicted octanol–water partition coefficient (Wildman–Crippen LogP) is 5.34. The van der Waals surface area contributed by atoms with Gasteiger partial charge in [-0.25, -0.2) is 9.18 Å². The Labute approximate surface area is 190 Å². The number of rotatable bonds is 5. The van der Waals surface area contributed by atoms with Crippen LogP contribution in [0.4, 0.5) is 14.9 Å². The maximum Gasteiger partial charge on any atom is 0.322 e. The molecule has 8 heteroatoms. The first-order chi connectivity index (χ1) is 15.4. The first-order valence-corrected chi connectivity index (χ1v) is 11.0. The molecule has 0 spiro atoms. The Morgan fingerprint density at radius 2 is 1.97 bits per heavy atom. The predicted molar refractivity (Wildman–Crippen MR) is 124 cm³/mol. The molecule has 6 nitrogen and oxygen atoms in total. The monoisotopic (exact) mass is 457 g/mol. The Hall–Kier alpha value is -2.90. The summed E-state index contributed by atoms with van der Waals surface area (Å²) in [6, 6.07) is 10.8. The Morgan fingerprint density at radius 1 is 1.25 bits per heavy atom. The van der Waals surface area contributed by atoms with E-state index in [9.17, 15) is 14.0 Å². The van der Waals surface area contributed by atoms with Crippen molar-refractivity contribution in [1.29, 1.82) is 0 Å². The molecule has 2 amide bonds. The zero-order chi connectivity index (χ0) is 22.7. The number of amides is 2. The number of ether oxygens (including phenoxy) is 1. The molecule has 0 saturated carbocycles. The highest BCUT2D eigenvalue weighted by Gasteiger charge is 2.27. The molecule has 0 bridgehead atoms. The average Bonchev–Trinajstić information content (AvgIpc) is 2.80. The second-order valence-corrected chi connectivity index (χ2v) is 8.47. The standard InChI is InChI=1S/C24H25ClFN3O3/c1-15(20-13-27-23(30)19-5-3-2-4-18(19)20)29(14-16-8-10-32-11-9-16)24(31)28-17-6-7-22(26)21(25)12-17/h2-7,12-13,15-16H,8-11,14H2,1H3,(H,27,30)(H,28,31)/t15-/m0/s1. The zero-order valence-electron chi connectivity index (χ0n) is 17.7. The van der Waals surface area contributed by atoms with Crippen LogP contribution in [-0.2, 0) is 4.74 Å². The summed E-state index contributed by atoms with van der Waals surface area (Å²) in [5, 5.41) is 4.17. The number of carbonyl (C=O) groups is 1. The van der Waals surface area contributed by atoms with E-state index in [1.807, 2.05) is 25.1 Å². The van der Waals surface area contributed by atoms with Crippen molar-refractivity contribution in [2.24, 2.45) is 5.92 Å². The highest BCUT2D eigenvalue weighted by atomic mass is 35.5. The number of benzene rings is 2. The fraction of sp³-hybridized carbons (Fsp3) is 0.333. The van der Waals surface area contributed by atoms with Crippen molar-refractivity contribution >= 4 is 34.1 Å². The molecule has 1 aromatic heterocycles. The quantitative estimate of drug-likeness (QED) is 0.543. The molecule has 1 aliphatic heterocycles. The molecule has 4 rings (SSSR count). The van der Waals surface area contributed by atoms with Gasteiger partial charge in [-0.15, -0.1) is 0 Å². The lowest BCUT2D eigenvalue weighted by Gasteiger charge is -2.34. The minimum Gasteiger partial charge on any atom is -0.381 e. The minimum absolute atomic E-state index is 0.0570. The summed E-state index contributed by atoms with van der Waals surface area (Å²) in [5.74, 6) is -0.250. The molecule has 0 radical (unpaired) electrons. The molecule has 1 saturated heterocycles. The van der Waals surface area contributed by atoms with Crippen LogP contribution in [0.3, 0.4) is 0 Å². The van der Waals surface area contributed by atoms with Gasteiger partial charge in [-0.3, -0.25) is 4.79 Å². The molecule has 1 atom stereocenters. The van der Waals surface area contributed by atoms with Gasteiger partial charge in [0.25, 0.3) is 5.56 Å². The Kier molecular flexibility index (Phi) is 6.77. The number of urea groups is 1. The molecule has 1 aliphatic rings. The molecular formula is C24H25ClFN3O3. The summed E-state index contributed by atoms with van der Waals surface area (Å²) in [5.41, 5.74) is 1.09. The number of aromatic nitrogens is 1. The largest absolute Gasteiger partial charge is 0.381 e. The fourth-order valence-electron chi connectivity index (χ4n) is 4.14. The fourth-order valence-corrected chi connectivity index (χ4v) is 4.32. The van der Waals surface area contributed by atoms with Crippen LogP contribution in [0.1, 0.15) is 31.4 Å². The van der Waals surface area contributed by atoms with Crippen molar-refractivity contribution in [2.45, 2.75) is 25.8 Å². The van der Waals surface area contributed by atoms with Crippen LogP contribution in [0.5, 0.6) is 0 Å². The number of aromatic amines is 1. The van der Waals surface area contributed by atoms with Gasteiger partial charge in [-0.1, -0.05) is 29.8 Å². The maximum atomic E-state index is 13.5. The third-order valence-electron chi connectivity index (χ3n) is 5.99. The van der Waals surface area contributed by atoms with E-state index in [-0.39, 0.29) is 22.7 Å². The van der Waals surface area contributed by atoms with Crippen LogP contribution in [-0.4, -0.2) is 35.7 Å². The highest BCUT2D eigenvalue weighted by Crippen LogP contribution is 2.29. The number of H-pyrrole nitrogens is 1. The summed E-state index contributed by atoms with van der Waals surface area (Å²) in [6.45, 7) is 3.81. The van der Waals surface area contributed by atoms with Crippen molar-refractivity contribution in [3.8, 4) is 0 Å². The minimum atomic E-state index is -0.545. The van der Waals surface area contributed by atoms with Gasteiger partial charge in [-0.05, 0) is 60.9 Å². The number of nitrogens with zero attached hydrogens (tertiary/aromatic N) is 1. The summed E-state index contributed by atoms with van der Waals surface area (Å²) in [4.78, 5) is 30.2. The number of halogens is 2. The van der Waals surface area contributed by atoms with E-state index < -0.39 is 5.82 Å². The number of pyridine rings is 1. The van der Waals surface area contributed by atoms with E-state index in [2.05, 4.69) is 10.3 Å². The smallest absolute Gasteiger partial charge is 0.322 e. The van der Waals surface area contributed by atoms with Crippen LogP contribution in [0.15, 0.2) is 53.5 Å². The molecule has 168 valence electrons. The first-order valence-electron chi connectivity index (χ1n) is 10.6. The molecule has 1 fully saturated rings. The molecule has 2 heterocycles. The lowest BCUT2D eigenvalue weighted by molar-refractivity contribution is 0.0534. The van der Waals surface area contributed by atoms with Crippen molar-refractivity contribution in [2.75, 3.05) is 25.1 Å². The molecule has 32 heavy (non-hydrogen) atoms. The number of hydrogen-bond donors (Lipinski definition) is 2. The highest BCUT2D eigenvalue weighted by molar-refractivity contribution is 6.31. The van der Waals surface area contributed by atoms with E-state index in [0.717, 1.165) is 23.8 Å². The summed E-state index contributed by atoms with van der Waals surface area (Å²) >= 11 is 5.88. The van der Waals surface area contributed by atoms with Crippen LogP contribution < -0.4 is 10.9 Å². The van der Waals surface area contributed by atoms with E-state index in [4.69, 9.17) is 16.3 Å². The van der Waals surface area contributed by atoms with Crippen LogP contribution in [0.2, 0.25) is 5.02 Å². The molecule has 2 aromatic carbocycles. The molecule has 0 aliphatic carbocycles. The third kappa shape index (κ3) is 4.79. The molecular weight excluding hydrogens is 433 g/mol. The second-order valence-electron chi connectivity index (χ2n) is 8.06. The Bertz CT molecular complexity index is 1180. The van der Waals surface area contributed by atoms with E-state index in [0.29, 0.717) is 36.8 Å². The van der Waals surface area contributed by atoms with Crippen molar-refractivity contribution in [1.82, 2.24) is 9.88 Å². The third-order valence-corrected chi connectivity index (χ3v) is 6.28. The normalized spacial score (nSPS) is 15.5. The first kappa shape index (κ1) is 22.3. The summed E-state index contributed by atoms with van der Waals surface area (Å²) < 4.78 is 19.0. The van der Waals surface area contributed by atoms with Gasteiger partial charge >= 0.3 is 6.03 Å². The molecule has 3 aromatic rings. The van der Waals surface area contributed by atoms with Gasteiger partial charge in [0.2, 0.25) is 0 Å². The van der Waals surface area contributed by atoms with E-state index >= 15 is 0 Å². The second kappa shape index (κ2) is 9.71. The van der Waals surface area contributed by atoms with Gasteiger partial charge in [0.05, 0.1) is 11.1 Å². The number of carbonyl (C=O) groups excluding carboxylic acids is 1. The van der Waals surface area contributed by atoms with E-state index in [1.54, 1.807) is 17.2 Å². The van der Waals surface area contributed by atoms with Crippen LogP contribution in [0, 0.1) is 11.7 Å². The maximum absolute atomic E-state index is 13.5. The van der Waals surface area contributed by atoms with Gasteiger partial charge in [0, 0.05) is 37.0 Å². The number of hydrogen-bond acceptors (Lipinski definition) is 3. The van der Waals surface area contributed by atoms with Gasteiger partial charge in [0.15, 0.2) is 0 Å². The van der Waals surface area contributed by atoms with Crippen LogP contribution in [0.25, 0.3) is 10.8 Å². The SMILES string of the molecule is C[C@@H](c1c[nH]c(=O)c2ccccc12)N(CC1CCOCC1)C(=O)Nc1ccc(F)c(Cl)c1. The molecule has 0 unspecified atom stereocenters. The topological polar surface area (TPSA) is 74.4 Å². The van der Waals surface area contributed by atoms with Crippen LogP contribution >= 0.6 is 11.6 Å². The molecule has 2 N–H and O–H groups in total. The van der Waals surface area contributed by atoms with Crippen molar-refractivity contribution in [3.05, 3.63) is 75.4 Å². The lowest BCUT2D eigenvalue weighted by Crippen LogP contribution is -2.41. The van der Waals surface area contributed by atoms with Crippen molar-refractivity contribution in [3.63, 3.8) is 0 Å². The number of nitrogens with one attached hydrogen (secondary N) is 2. The van der Waals surface area contributed by atoms with Gasteiger partial charge in [0.1, 0.15) is 5.82 Å². The summed E-state index contributed by atoms with van der Waals surface area (Å²) in [6.07, 6.45) is 3.41. The van der Waals surface area contributed by atoms with Crippen molar-refractivity contribution < 1.29 is 13.9 Å². The zero-order valence-corrected chi connectivity index (χ0v) is 18.5. The summed E-state index contributed by atoms with van der Waals surface area (Å²) in [7, 11) is 0. The average molecular weight is 458 g/mol. The number of fused-ring (bicyclic) bond motifs is 1. The van der Waals surface area contributed by atoms with Gasteiger partial charge < -0.3 is 19.9 Å². The lowest BCUT2D eigenvalue weighted by atomic mass is 9.97. The number of anilines is 1. The Morgan fingerprint density at radius 3 is 2.69 bits per heavy atom. The van der Waals surface area contributed by atoms with E-state index in [1.165, 1.54) is 18.2 Å².